The molecule has 0 aromatic heterocycles. The highest BCUT2D eigenvalue weighted by Gasteiger charge is 2.13. The predicted octanol–water partition coefficient (Wildman–Crippen LogP) is 5.36. The topological polar surface area (TPSA) is 0 Å². The molecule has 0 saturated carbocycles. The zero-order valence-electron chi connectivity index (χ0n) is 14.9. The molecular weight excluding hydrogens is 276 g/mol. The van der Waals surface area contributed by atoms with E-state index in [1.807, 2.05) is 45.1 Å². The second-order valence-corrected chi connectivity index (χ2v) is 5.22. The third-order valence-electron chi connectivity index (χ3n) is 3.70. The van der Waals surface area contributed by atoms with E-state index < -0.39 is 0 Å². The lowest BCUT2D eigenvalue weighted by Crippen LogP contribution is -2.27. The number of fused-ring (bicyclic) bond motifs is 1. The van der Waals surface area contributed by atoms with Crippen molar-refractivity contribution in [3.63, 3.8) is 0 Å². The molecule has 120 valence electrons. The Morgan fingerprint density at radius 1 is 1.09 bits per heavy atom. The molecule has 0 bridgehead atoms. The summed E-state index contributed by atoms with van der Waals surface area (Å²) in [6.07, 6.45) is 16.5. The monoisotopic (exact) mass is 304 g/mol. The van der Waals surface area contributed by atoms with Gasteiger partial charge in [0.15, 0.2) is 0 Å². The molecule has 0 N–H and O–H groups in total. The quantitative estimate of drug-likeness (QED) is 0.643. The average molecular weight is 304 g/mol. The lowest BCUT2D eigenvalue weighted by molar-refractivity contribution is 1.07. The number of hydrogen-bond donors (Lipinski definition) is 0. The van der Waals surface area contributed by atoms with E-state index in [1.54, 1.807) is 0 Å². The standard InChI is InChI=1S/C21H22.C2H6/c1-6-10-17(11-7-2)21-19(9-4)16(8-3)14-18-12-15(5)13-20(18)21;1-2/h6-15H,1,3-4H2,2,5H3;1-2H3/b11-7-,17-10+;. The van der Waals surface area contributed by atoms with Crippen LogP contribution in [-0.2, 0) is 0 Å². The molecule has 0 heterocycles. The van der Waals surface area contributed by atoms with Crippen LogP contribution in [0, 0.1) is 5.92 Å². The molecule has 1 aliphatic carbocycles. The number of hydrogen-bond acceptors (Lipinski definition) is 0. The minimum Gasteiger partial charge on any atom is -0.0990 e. The van der Waals surface area contributed by atoms with Crippen LogP contribution in [0.1, 0.15) is 44.4 Å². The highest BCUT2D eigenvalue weighted by atomic mass is 14.2. The van der Waals surface area contributed by atoms with Crippen LogP contribution in [0.4, 0.5) is 0 Å². The van der Waals surface area contributed by atoms with Gasteiger partial charge in [-0.05, 0) is 51.6 Å². The smallest absolute Gasteiger partial charge is 0.00303 e. The fourth-order valence-corrected chi connectivity index (χ4v) is 2.90. The van der Waals surface area contributed by atoms with Gasteiger partial charge in [-0.25, -0.2) is 0 Å². The lowest BCUT2D eigenvalue weighted by atomic mass is 9.91. The van der Waals surface area contributed by atoms with E-state index in [2.05, 4.69) is 57.0 Å². The van der Waals surface area contributed by atoms with Gasteiger partial charge in [0, 0.05) is 0 Å². The predicted molar refractivity (Wildman–Crippen MR) is 108 cm³/mol. The molecule has 0 saturated heterocycles. The Morgan fingerprint density at radius 2 is 1.78 bits per heavy atom. The summed E-state index contributed by atoms with van der Waals surface area (Å²) >= 11 is 0. The van der Waals surface area contributed by atoms with Crippen LogP contribution in [0.25, 0.3) is 29.9 Å². The normalized spacial score (nSPS) is 15.8. The van der Waals surface area contributed by atoms with Gasteiger partial charge in [-0.3, -0.25) is 0 Å². The summed E-state index contributed by atoms with van der Waals surface area (Å²) < 4.78 is 0. The number of benzene rings is 1. The number of allylic oxidation sites excluding steroid dienone is 5. The number of rotatable bonds is 5. The maximum atomic E-state index is 4.00. The second-order valence-electron chi connectivity index (χ2n) is 5.22. The van der Waals surface area contributed by atoms with Gasteiger partial charge in [-0.15, -0.1) is 0 Å². The van der Waals surface area contributed by atoms with E-state index in [1.165, 1.54) is 16.0 Å². The Bertz CT molecular complexity index is 767. The van der Waals surface area contributed by atoms with Crippen LogP contribution >= 0.6 is 0 Å². The zero-order chi connectivity index (χ0) is 17.4. The van der Waals surface area contributed by atoms with Crippen molar-refractivity contribution in [2.24, 2.45) is 5.92 Å². The summed E-state index contributed by atoms with van der Waals surface area (Å²) in [5.41, 5.74) is 4.63. The molecule has 0 heteroatoms. The Kier molecular flexibility index (Phi) is 7.28. The average Bonchev–Trinajstić information content (AvgIpc) is 2.94. The summed E-state index contributed by atoms with van der Waals surface area (Å²) in [7, 11) is 0. The lowest BCUT2D eigenvalue weighted by Gasteiger charge is -2.12. The first-order chi connectivity index (χ1) is 11.2. The summed E-state index contributed by atoms with van der Waals surface area (Å²) in [6, 6.07) is 2.20. The van der Waals surface area contributed by atoms with Gasteiger partial charge in [0.2, 0.25) is 0 Å². The molecule has 0 radical (unpaired) electrons. The molecule has 23 heavy (non-hydrogen) atoms. The summed E-state index contributed by atoms with van der Waals surface area (Å²) in [6.45, 7) is 20.0. The third kappa shape index (κ3) is 3.90. The molecule has 0 amide bonds. The summed E-state index contributed by atoms with van der Waals surface area (Å²) in [5, 5.41) is 2.56. The van der Waals surface area contributed by atoms with Crippen molar-refractivity contribution in [1.29, 1.82) is 0 Å². The van der Waals surface area contributed by atoms with Crippen molar-refractivity contribution in [2.75, 3.05) is 0 Å². The highest BCUT2D eigenvalue weighted by Crippen LogP contribution is 2.23. The fourth-order valence-electron chi connectivity index (χ4n) is 2.90. The molecule has 1 aromatic carbocycles. The molecule has 0 spiro atoms. The molecule has 1 atom stereocenters. The molecule has 1 aromatic rings. The second kappa shape index (κ2) is 8.95. The van der Waals surface area contributed by atoms with Crippen LogP contribution in [0.3, 0.4) is 0 Å². The van der Waals surface area contributed by atoms with Gasteiger partial charge >= 0.3 is 0 Å². The van der Waals surface area contributed by atoms with Gasteiger partial charge in [-0.1, -0.05) is 89.1 Å². The van der Waals surface area contributed by atoms with Gasteiger partial charge in [0.25, 0.3) is 0 Å². The van der Waals surface area contributed by atoms with E-state index in [4.69, 9.17) is 0 Å². The molecule has 0 aliphatic heterocycles. The first-order valence-corrected chi connectivity index (χ1v) is 8.27. The Balaban J connectivity index is 0.00000127. The van der Waals surface area contributed by atoms with Crippen LogP contribution in [0.2, 0.25) is 0 Å². The van der Waals surface area contributed by atoms with E-state index in [0.29, 0.717) is 5.92 Å². The van der Waals surface area contributed by atoms with E-state index in [-0.39, 0.29) is 0 Å². The Labute approximate surface area is 141 Å². The van der Waals surface area contributed by atoms with Crippen molar-refractivity contribution < 1.29 is 0 Å². The molecule has 1 unspecified atom stereocenters. The molecule has 1 aliphatic rings. The van der Waals surface area contributed by atoms with Crippen molar-refractivity contribution in [3.05, 3.63) is 77.2 Å². The van der Waals surface area contributed by atoms with Crippen LogP contribution in [0.5, 0.6) is 0 Å². The van der Waals surface area contributed by atoms with Crippen LogP contribution < -0.4 is 10.4 Å². The van der Waals surface area contributed by atoms with Gasteiger partial charge in [-0.2, -0.15) is 0 Å². The zero-order valence-corrected chi connectivity index (χ0v) is 14.9. The van der Waals surface area contributed by atoms with Gasteiger partial charge < -0.3 is 0 Å². The Morgan fingerprint density at radius 3 is 2.30 bits per heavy atom. The largest absolute Gasteiger partial charge is 0.0990 e. The van der Waals surface area contributed by atoms with Gasteiger partial charge in [0.1, 0.15) is 0 Å². The minimum atomic E-state index is 0.451. The van der Waals surface area contributed by atoms with Gasteiger partial charge in [0.05, 0.1) is 0 Å². The van der Waals surface area contributed by atoms with Crippen molar-refractivity contribution in [2.45, 2.75) is 27.7 Å². The first-order valence-electron chi connectivity index (χ1n) is 8.27. The minimum absolute atomic E-state index is 0.451. The van der Waals surface area contributed by atoms with E-state index >= 15 is 0 Å². The first kappa shape index (κ1) is 18.7. The van der Waals surface area contributed by atoms with E-state index in [9.17, 15) is 0 Å². The van der Waals surface area contributed by atoms with E-state index in [0.717, 1.165) is 16.7 Å². The molecular formula is C23H28. The molecule has 2 rings (SSSR count). The maximum absolute atomic E-state index is 4.00. The van der Waals surface area contributed by atoms with Crippen LogP contribution in [0.15, 0.2) is 50.1 Å². The summed E-state index contributed by atoms with van der Waals surface area (Å²) in [5.74, 6) is 0.451. The maximum Gasteiger partial charge on any atom is -0.00303 e. The van der Waals surface area contributed by atoms with Crippen molar-refractivity contribution >= 4 is 29.9 Å². The third-order valence-corrected chi connectivity index (χ3v) is 3.70. The highest BCUT2D eigenvalue weighted by molar-refractivity contribution is 5.85. The SMILES string of the molecule is C=C/C=C(\C=C/C)c1c(C=C)c(C=C)cc2c1=CC(C)C=2.CC. The Hall–Kier alpha value is -2.34. The fraction of sp³-hybridized carbons (Fsp3) is 0.217. The summed E-state index contributed by atoms with van der Waals surface area (Å²) in [4.78, 5) is 0. The molecule has 0 nitrogen and oxygen atoms in total. The van der Waals surface area contributed by atoms with Crippen molar-refractivity contribution in [3.8, 4) is 0 Å². The molecule has 0 fully saturated rings. The van der Waals surface area contributed by atoms with Crippen LogP contribution in [-0.4, -0.2) is 0 Å². The van der Waals surface area contributed by atoms with Crippen molar-refractivity contribution in [1.82, 2.24) is 0 Å².